The van der Waals surface area contributed by atoms with Crippen LogP contribution in [0, 0.1) is 6.92 Å². The van der Waals surface area contributed by atoms with Crippen molar-refractivity contribution in [2.45, 2.75) is 20.3 Å². The third-order valence-corrected chi connectivity index (χ3v) is 5.12. The molecular formula is C27H26N4. The van der Waals surface area contributed by atoms with Crippen molar-refractivity contribution in [3.8, 4) is 33.9 Å². The molecule has 2 heterocycles. The van der Waals surface area contributed by atoms with Crippen LogP contribution in [0.25, 0.3) is 39.5 Å². The number of H-pyrrole nitrogens is 2. The van der Waals surface area contributed by atoms with Gasteiger partial charge >= 0.3 is 0 Å². The molecule has 2 N–H and O–H groups in total. The molecule has 0 radical (unpaired) electrons. The van der Waals surface area contributed by atoms with Crippen molar-refractivity contribution in [3.05, 3.63) is 103 Å². The summed E-state index contributed by atoms with van der Waals surface area (Å²) in [6, 6.07) is 16.6. The molecule has 0 atom stereocenters. The molecule has 154 valence electrons. The SMILES string of the molecule is C=C(/C=C\C=C/CC)c1ncc(-c2cccc(-c3cnc(-c4ccccc4C)[nH]3)c2)[nH]1. The normalized spacial score (nSPS) is 11.5. The lowest BCUT2D eigenvalue weighted by Gasteiger charge is -2.03. The number of hydrogen-bond donors (Lipinski definition) is 2. The first-order chi connectivity index (χ1) is 15.2. The number of benzene rings is 2. The fraction of sp³-hybridized carbons (Fsp3) is 0.111. The summed E-state index contributed by atoms with van der Waals surface area (Å²) in [5.41, 5.74) is 7.23. The van der Waals surface area contributed by atoms with Gasteiger partial charge < -0.3 is 9.97 Å². The summed E-state index contributed by atoms with van der Waals surface area (Å²) >= 11 is 0. The Labute approximate surface area is 183 Å². The third kappa shape index (κ3) is 4.64. The van der Waals surface area contributed by atoms with Crippen molar-refractivity contribution in [3.63, 3.8) is 0 Å². The number of nitrogens with zero attached hydrogens (tertiary/aromatic N) is 2. The van der Waals surface area contributed by atoms with Gasteiger partial charge in [-0.05, 0) is 25.0 Å². The average Bonchev–Trinajstić information content (AvgIpc) is 3.47. The first-order valence-electron chi connectivity index (χ1n) is 10.4. The van der Waals surface area contributed by atoms with E-state index in [2.05, 4.69) is 76.8 Å². The number of allylic oxidation sites excluding steroid dienone is 5. The van der Waals surface area contributed by atoms with Crippen molar-refractivity contribution in [1.82, 2.24) is 19.9 Å². The van der Waals surface area contributed by atoms with E-state index in [0.717, 1.165) is 51.7 Å². The van der Waals surface area contributed by atoms with Crippen LogP contribution in [0.4, 0.5) is 0 Å². The first kappa shape index (κ1) is 20.4. The van der Waals surface area contributed by atoms with Crippen LogP contribution in [-0.4, -0.2) is 19.9 Å². The van der Waals surface area contributed by atoms with Gasteiger partial charge in [0.05, 0.1) is 23.8 Å². The lowest BCUT2D eigenvalue weighted by molar-refractivity contribution is 1.22. The fourth-order valence-electron chi connectivity index (χ4n) is 3.39. The van der Waals surface area contributed by atoms with Gasteiger partial charge in [0.1, 0.15) is 11.6 Å². The van der Waals surface area contributed by atoms with E-state index in [4.69, 9.17) is 0 Å². The second kappa shape index (κ2) is 9.26. The van der Waals surface area contributed by atoms with E-state index in [9.17, 15) is 0 Å². The summed E-state index contributed by atoms with van der Waals surface area (Å²) in [5, 5.41) is 0. The van der Waals surface area contributed by atoms with Crippen LogP contribution in [0.1, 0.15) is 24.7 Å². The Morgan fingerprint density at radius 3 is 2.45 bits per heavy atom. The Morgan fingerprint density at radius 2 is 1.68 bits per heavy atom. The van der Waals surface area contributed by atoms with Crippen molar-refractivity contribution < 1.29 is 0 Å². The maximum absolute atomic E-state index is 4.59. The molecule has 4 aromatic rings. The second-order valence-electron chi connectivity index (χ2n) is 7.41. The zero-order valence-electron chi connectivity index (χ0n) is 17.9. The van der Waals surface area contributed by atoms with Crippen LogP contribution in [0.3, 0.4) is 0 Å². The summed E-state index contributed by atoms with van der Waals surface area (Å²) < 4.78 is 0. The van der Waals surface area contributed by atoms with Gasteiger partial charge in [-0.25, -0.2) is 9.97 Å². The molecule has 31 heavy (non-hydrogen) atoms. The van der Waals surface area contributed by atoms with Crippen LogP contribution in [0.2, 0.25) is 0 Å². The van der Waals surface area contributed by atoms with E-state index in [-0.39, 0.29) is 0 Å². The van der Waals surface area contributed by atoms with Crippen molar-refractivity contribution in [2.24, 2.45) is 0 Å². The zero-order valence-corrected chi connectivity index (χ0v) is 17.9. The lowest BCUT2D eigenvalue weighted by Crippen LogP contribution is -1.86. The first-order valence-corrected chi connectivity index (χ1v) is 10.4. The number of aryl methyl sites for hydroxylation is 1. The van der Waals surface area contributed by atoms with Gasteiger partial charge in [-0.2, -0.15) is 0 Å². The molecule has 4 nitrogen and oxygen atoms in total. The molecule has 0 aliphatic rings. The minimum absolute atomic E-state index is 0.768. The van der Waals surface area contributed by atoms with Gasteiger partial charge in [0, 0.05) is 22.3 Å². The van der Waals surface area contributed by atoms with Crippen LogP contribution in [0.5, 0.6) is 0 Å². The molecule has 0 bridgehead atoms. The minimum atomic E-state index is 0.768. The molecule has 0 spiro atoms. The number of aromatic nitrogens is 4. The summed E-state index contributed by atoms with van der Waals surface area (Å²) in [6.45, 7) is 8.31. The Balaban J connectivity index is 1.57. The average molecular weight is 407 g/mol. The maximum atomic E-state index is 4.59. The molecule has 4 heteroatoms. The van der Waals surface area contributed by atoms with Crippen molar-refractivity contribution in [2.75, 3.05) is 0 Å². The van der Waals surface area contributed by atoms with Crippen LogP contribution in [0.15, 0.2) is 91.8 Å². The van der Waals surface area contributed by atoms with Crippen LogP contribution in [-0.2, 0) is 0 Å². The largest absolute Gasteiger partial charge is 0.338 e. The highest BCUT2D eigenvalue weighted by Gasteiger charge is 2.10. The van der Waals surface area contributed by atoms with Gasteiger partial charge in [-0.15, -0.1) is 0 Å². The monoisotopic (exact) mass is 406 g/mol. The number of imidazole rings is 2. The summed E-state index contributed by atoms with van der Waals surface area (Å²) in [7, 11) is 0. The molecule has 0 aliphatic carbocycles. The minimum Gasteiger partial charge on any atom is -0.338 e. The van der Waals surface area contributed by atoms with Gasteiger partial charge in [-0.3, -0.25) is 0 Å². The van der Waals surface area contributed by atoms with Gasteiger partial charge in [0.25, 0.3) is 0 Å². The van der Waals surface area contributed by atoms with Gasteiger partial charge in [0.2, 0.25) is 0 Å². The molecular weight excluding hydrogens is 380 g/mol. The molecule has 0 unspecified atom stereocenters. The second-order valence-corrected chi connectivity index (χ2v) is 7.41. The Hall–Kier alpha value is -3.92. The van der Waals surface area contributed by atoms with Gasteiger partial charge in [-0.1, -0.05) is 80.3 Å². The van der Waals surface area contributed by atoms with E-state index in [1.165, 1.54) is 5.56 Å². The molecule has 0 aliphatic heterocycles. The number of rotatable bonds is 7. The topological polar surface area (TPSA) is 57.4 Å². The number of aromatic amines is 2. The molecule has 2 aromatic carbocycles. The van der Waals surface area contributed by atoms with Crippen LogP contribution >= 0.6 is 0 Å². The predicted octanol–water partition coefficient (Wildman–Crippen LogP) is 6.98. The van der Waals surface area contributed by atoms with Crippen molar-refractivity contribution in [1.29, 1.82) is 0 Å². The quantitative estimate of drug-likeness (QED) is 0.325. The Kier molecular flexibility index (Phi) is 6.08. The predicted molar refractivity (Wildman–Crippen MR) is 129 cm³/mol. The summed E-state index contributed by atoms with van der Waals surface area (Å²) in [5.74, 6) is 1.65. The van der Waals surface area contributed by atoms with E-state index in [1.807, 2.05) is 48.8 Å². The maximum Gasteiger partial charge on any atom is 0.138 e. The van der Waals surface area contributed by atoms with Crippen LogP contribution < -0.4 is 0 Å². The standard InChI is InChI=1S/C27H26N4/c1-4-5-6-7-12-20(3)26-28-17-24(30-26)21-13-10-14-22(16-21)25-18-29-27(31-25)23-15-9-8-11-19(23)2/h5-18H,3-4H2,1-2H3,(H,28,30)(H,29,31)/b6-5-,12-7-. The van der Waals surface area contributed by atoms with E-state index in [1.54, 1.807) is 0 Å². The highest BCUT2D eigenvalue weighted by atomic mass is 14.9. The van der Waals surface area contributed by atoms with E-state index < -0.39 is 0 Å². The van der Waals surface area contributed by atoms with Crippen molar-refractivity contribution >= 4 is 5.57 Å². The molecule has 0 fully saturated rings. The summed E-state index contributed by atoms with van der Waals surface area (Å²) in [4.78, 5) is 15.9. The number of hydrogen-bond acceptors (Lipinski definition) is 2. The zero-order chi connectivity index (χ0) is 21.6. The molecule has 2 aromatic heterocycles. The smallest absolute Gasteiger partial charge is 0.138 e. The third-order valence-electron chi connectivity index (χ3n) is 5.12. The number of nitrogens with one attached hydrogen (secondary N) is 2. The highest BCUT2D eigenvalue weighted by Crippen LogP contribution is 2.28. The Bertz CT molecular complexity index is 1250. The molecule has 0 saturated carbocycles. The fourth-order valence-corrected chi connectivity index (χ4v) is 3.39. The van der Waals surface area contributed by atoms with Gasteiger partial charge in [0.15, 0.2) is 0 Å². The van der Waals surface area contributed by atoms with E-state index >= 15 is 0 Å². The van der Waals surface area contributed by atoms with E-state index in [0.29, 0.717) is 0 Å². The highest BCUT2D eigenvalue weighted by molar-refractivity contribution is 5.74. The Morgan fingerprint density at radius 1 is 0.935 bits per heavy atom. The lowest BCUT2D eigenvalue weighted by atomic mass is 10.1. The molecule has 4 rings (SSSR count). The summed E-state index contributed by atoms with van der Waals surface area (Å²) in [6.07, 6.45) is 12.8. The molecule has 0 amide bonds. The molecule has 0 saturated heterocycles.